The third-order valence-corrected chi connectivity index (χ3v) is 5.31. The summed E-state index contributed by atoms with van der Waals surface area (Å²) in [6.45, 7) is 1.96. The van der Waals surface area contributed by atoms with Gasteiger partial charge in [0.25, 0.3) is 0 Å². The molecule has 2 aromatic heterocycles. The lowest BCUT2D eigenvalue weighted by Crippen LogP contribution is -2.51. The Labute approximate surface area is 129 Å². The molecule has 2 bridgehead atoms. The monoisotopic (exact) mass is 299 g/mol. The molecule has 4 heterocycles. The lowest BCUT2D eigenvalue weighted by Gasteiger charge is -2.33. The van der Waals surface area contributed by atoms with E-state index < -0.39 is 0 Å². The molecule has 6 nitrogen and oxygen atoms in total. The Kier molecular flexibility index (Phi) is 2.65. The quantitative estimate of drug-likeness (QED) is 0.833. The molecule has 0 radical (unpaired) electrons. The first kappa shape index (κ1) is 12.7. The van der Waals surface area contributed by atoms with Gasteiger partial charge in [-0.05, 0) is 32.1 Å². The average Bonchev–Trinajstić information content (AvgIpc) is 3.06. The van der Waals surface area contributed by atoms with Crippen molar-refractivity contribution in [2.45, 2.75) is 50.6 Å². The van der Waals surface area contributed by atoms with E-state index in [1.54, 1.807) is 0 Å². The zero-order chi connectivity index (χ0) is 14.7. The van der Waals surface area contributed by atoms with Crippen molar-refractivity contribution in [1.29, 1.82) is 0 Å². The lowest BCUT2D eigenvalue weighted by atomic mass is 9.98. The van der Waals surface area contributed by atoms with Crippen LogP contribution in [0.15, 0.2) is 4.42 Å². The van der Waals surface area contributed by atoms with Crippen molar-refractivity contribution in [1.82, 2.24) is 15.3 Å². The highest BCUT2D eigenvalue weighted by Gasteiger charge is 2.34. The molecule has 2 aliphatic heterocycles. The number of rotatable bonds is 1. The van der Waals surface area contributed by atoms with E-state index in [0.717, 1.165) is 48.6 Å². The molecular formula is C16H21N5O. The van der Waals surface area contributed by atoms with Crippen molar-refractivity contribution in [3.63, 3.8) is 0 Å². The number of aromatic nitrogens is 2. The molecule has 2 unspecified atom stereocenters. The second-order valence-electron chi connectivity index (χ2n) is 6.84. The first-order chi connectivity index (χ1) is 10.8. The van der Waals surface area contributed by atoms with Gasteiger partial charge < -0.3 is 20.4 Å². The predicted octanol–water partition coefficient (Wildman–Crippen LogP) is 1.62. The maximum Gasteiger partial charge on any atom is 0.222 e. The molecule has 5 rings (SSSR count). The highest BCUT2D eigenvalue weighted by atomic mass is 16.3. The number of nitrogens with one attached hydrogen (secondary N) is 1. The van der Waals surface area contributed by atoms with Gasteiger partial charge in [-0.2, -0.15) is 4.98 Å². The Morgan fingerprint density at radius 3 is 2.68 bits per heavy atom. The summed E-state index contributed by atoms with van der Waals surface area (Å²) in [5.74, 6) is 2.36. The number of furan rings is 1. The minimum Gasteiger partial charge on any atom is -0.455 e. The number of hydrogen-bond donors (Lipinski definition) is 2. The highest BCUT2D eigenvalue weighted by molar-refractivity contribution is 5.89. The summed E-state index contributed by atoms with van der Waals surface area (Å²) < 4.78 is 6.18. The summed E-state index contributed by atoms with van der Waals surface area (Å²) in [5.41, 5.74) is 9.06. The number of piperazine rings is 1. The van der Waals surface area contributed by atoms with E-state index in [1.807, 2.05) is 0 Å². The van der Waals surface area contributed by atoms with Gasteiger partial charge in [0.05, 0.1) is 0 Å². The van der Waals surface area contributed by atoms with E-state index in [0.29, 0.717) is 18.0 Å². The first-order valence-electron chi connectivity index (χ1n) is 8.36. The smallest absolute Gasteiger partial charge is 0.222 e. The van der Waals surface area contributed by atoms with Crippen LogP contribution in [0.4, 0.5) is 11.8 Å². The number of nitrogens with two attached hydrogens (primary N) is 1. The molecule has 3 aliphatic rings. The Bertz CT molecular complexity index is 728. The van der Waals surface area contributed by atoms with E-state index in [1.165, 1.54) is 31.2 Å². The van der Waals surface area contributed by atoms with Crippen LogP contribution in [-0.4, -0.2) is 35.1 Å². The largest absolute Gasteiger partial charge is 0.455 e. The molecule has 0 amide bonds. The summed E-state index contributed by atoms with van der Waals surface area (Å²) in [6, 6.07) is 1.13. The van der Waals surface area contributed by atoms with E-state index in [-0.39, 0.29) is 0 Å². The van der Waals surface area contributed by atoms with Gasteiger partial charge in [0.2, 0.25) is 5.95 Å². The fourth-order valence-corrected chi connectivity index (χ4v) is 4.30. The Balaban J connectivity index is 1.65. The van der Waals surface area contributed by atoms with Crippen LogP contribution in [-0.2, 0) is 12.8 Å². The average molecular weight is 299 g/mol. The molecule has 2 atom stereocenters. The van der Waals surface area contributed by atoms with Gasteiger partial charge in [-0.25, -0.2) is 4.98 Å². The first-order valence-corrected chi connectivity index (χ1v) is 8.36. The second-order valence-corrected chi connectivity index (χ2v) is 6.84. The molecule has 22 heavy (non-hydrogen) atoms. The maximum absolute atomic E-state index is 6.18. The topological polar surface area (TPSA) is 80.2 Å². The van der Waals surface area contributed by atoms with Crippen LogP contribution >= 0.6 is 0 Å². The molecule has 0 aromatic carbocycles. The van der Waals surface area contributed by atoms with Crippen LogP contribution in [0.2, 0.25) is 0 Å². The van der Waals surface area contributed by atoms with Crippen LogP contribution < -0.4 is 16.0 Å². The zero-order valence-corrected chi connectivity index (χ0v) is 12.6. The number of fused-ring (bicyclic) bond motifs is 5. The van der Waals surface area contributed by atoms with E-state index in [9.17, 15) is 0 Å². The predicted molar refractivity (Wildman–Crippen MR) is 85.0 cm³/mol. The fourth-order valence-electron chi connectivity index (χ4n) is 4.30. The van der Waals surface area contributed by atoms with Gasteiger partial charge in [0, 0.05) is 37.2 Å². The van der Waals surface area contributed by atoms with Crippen LogP contribution in [0.3, 0.4) is 0 Å². The summed E-state index contributed by atoms with van der Waals surface area (Å²) in [7, 11) is 0. The van der Waals surface area contributed by atoms with Gasteiger partial charge in [0.15, 0.2) is 11.4 Å². The summed E-state index contributed by atoms with van der Waals surface area (Å²) >= 11 is 0. The summed E-state index contributed by atoms with van der Waals surface area (Å²) in [6.07, 6.45) is 6.96. The van der Waals surface area contributed by atoms with Crippen molar-refractivity contribution in [2.75, 3.05) is 23.7 Å². The second kappa shape index (κ2) is 4.59. The number of nitrogen functional groups attached to an aromatic ring is 1. The molecule has 3 N–H and O–H groups in total. The van der Waals surface area contributed by atoms with Crippen LogP contribution in [0.1, 0.15) is 37.0 Å². The van der Waals surface area contributed by atoms with Crippen molar-refractivity contribution in [3.8, 4) is 0 Å². The molecule has 2 fully saturated rings. The molecule has 2 aromatic rings. The van der Waals surface area contributed by atoms with Crippen LogP contribution in [0, 0.1) is 0 Å². The number of anilines is 2. The molecule has 6 heteroatoms. The minimum atomic E-state index is 0.363. The van der Waals surface area contributed by atoms with Gasteiger partial charge in [0.1, 0.15) is 11.3 Å². The molecule has 0 spiro atoms. The van der Waals surface area contributed by atoms with Crippen LogP contribution in [0.25, 0.3) is 11.1 Å². The number of aryl methyl sites for hydroxylation is 2. The molecule has 0 saturated carbocycles. The molecule has 116 valence electrons. The summed E-state index contributed by atoms with van der Waals surface area (Å²) in [5, 5.41) is 3.65. The Hall–Kier alpha value is -1.82. The molecular weight excluding hydrogens is 278 g/mol. The zero-order valence-electron chi connectivity index (χ0n) is 12.6. The SMILES string of the molecule is Nc1nc(N2CC3CCC(C2)N3)c2oc3c(c2n1)CCCC3. The van der Waals surface area contributed by atoms with Gasteiger partial charge >= 0.3 is 0 Å². The van der Waals surface area contributed by atoms with Crippen molar-refractivity contribution >= 4 is 22.9 Å². The molecule has 2 saturated heterocycles. The highest BCUT2D eigenvalue weighted by Crippen LogP contribution is 2.36. The normalized spacial score (nSPS) is 27.4. The maximum atomic E-state index is 6.18. The lowest BCUT2D eigenvalue weighted by molar-refractivity contribution is 0.460. The number of hydrogen-bond acceptors (Lipinski definition) is 6. The van der Waals surface area contributed by atoms with Gasteiger partial charge in [-0.15, -0.1) is 0 Å². The van der Waals surface area contributed by atoms with Crippen LogP contribution in [0.5, 0.6) is 0 Å². The Morgan fingerprint density at radius 1 is 1.09 bits per heavy atom. The third kappa shape index (κ3) is 1.83. The molecule has 1 aliphatic carbocycles. The Morgan fingerprint density at radius 2 is 1.86 bits per heavy atom. The number of nitrogens with zero attached hydrogens (tertiary/aromatic N) is 3. The minimum absolute atomic E-state index is 0.363. The van der Waals surface area contributed by atoms with E-state index in [2.05, 4.69) is 20.2 Å². The van der Waals surface area contributed by atoms with Crippen molar-refractivity contribution in [3.05, 3.63) is 11.3 Å². The van der Waals surface area contributed by atoms with Gasteiger partial charge in [-0.1, -0.05) is 0 Å². The van der Waals surface area contributed by atoms with E-state index >= 15 is 0 Å². The summed E-state index contributed by atoms with van der Waals surface area (Å²) in [4.78, 5) is 11.4. The van der Waals surface area contributed by atoms with Gasteiger partial charge in [-0.3, -0.25) is 0 Å². The fraction of sp³-hybridized carbons (Fsp3) is 0.625. The van der Waals surface area contributed by atoms with E-state index in [4.69, 9.17) is 10.2 Å². The van der Waals surface area contributed by atoms with Crippen molar-refractivity contribution < 1.29 is 4.42 Å². The van der Waals surface area contributed by atoms with Crippen molar-refractivity contribution in [2.24, 2.45) is 0 Å². The standard InChI is InChI=1S/C16H21N5O/c17-16-19-13-11-3-1-2-4-12(11)22-14(13)15(20-16)21-7-9-5-6-10(8-21)18-9/h9-10,18H,1-8H2,(H2,17,19,20). The third-order valence-electron chi connectivity index (χ3n) is 5.31.